The molecule has 0 atom stereocenters. The van der Waals surface area contributed by atoms with Gasteiger partial charge in [-0.1, -0.05) is 18.2 Å². The van der Waals surface area contributed by atoms with E-state index in [0.717, 1.165) is 22.2 Å². The van der Waals surface area contributed by atoms with Gasteiger partial charge in [0.1, 0.15) is 0 Å². The topological polar surface area (TPSA) is 100 Å². The molecule has 2 aromatic carbocycles. The number of aromatic amines is 1. The largest absolute Gasteiger partial charge is 0.383 e. The Bertz CT molecular complexity index is 903. The minimum atomic E-state index is -0.433. The van der Waals surface area contributed by atoms with Crippen molar-refractivity contribution in [2.75, 3.05) is 18.4 Å². The number of nitrogens with one attached hydrogen (secondary N) is 3. The van der Waals surface area contributed by atoms with Crippen LogP contribution in [0.2, 0.25) is 0 Å². The number of para-hydroxylation sites is 1. The molecule has 3 aromatic rings. The molecule has 0 spiro atoms. The number of nitrogens with zero attached hydrogens (tertiary/aromatic N) is 1. The van der Waals surface area contributed by atoms with E-state index in [2.05, 4.69) is 15.6 Å². The minimum Gasteiger partial charge on any atom is -0.383 e. The van der Waals surface area contributed by atoms with Crippen LogP contribution in [-0.4, -0.2) is 28.9 Å². The van der Waals surface area contributed by atoms with Crippen LogP contribution in [0.1, 0.15) is 12.0 Å². The quantitative estimate of drug-likeness (QED) is 0.329. The van der Waals surface area contributed by atoms with Crippen molar-refractivity contribution in [3.63, 3.8) is 0 Å². The summed E-state index contributed by atoms with van der Waals surface area (Å²) in [6, 6.07) is 14.2. The summed E-state index contributed by atoms with van der Waals surface area (Å²) in [6.07, 6.45) is 3.07. The second-order valence-electron chi connectivity index (χ2n) is 5.94. The number of fused-ring (bicyclic) bond motifs is 1. The highest BCUT2D eigenvalue weighted by Crippen LogP contribution is 2.19. The fraction of sp³-hybridized carbons (Fsp3) is 0.211. The Labute approximate surface area is 150 Å². The van der Waals surface area contributed by atoms with Gasteiger partial charge in [0.05, 0.1) is 4.92 Å². The normalized spacial score (nSPS) is 10.6. The number of rotatable bonds is 8. The van der Waals surface area contributed by atoms with Gasteiger partial charge >= 0.3 is 0 Å². The standard InChI is InChI=1S/C19H20N4O3/c24-19(10-5-14-13-22-18-4-2-1-3-17(14)18)21-12-11-20-15-6-8-16(9-7-15)23(25)26/h1-4,6-9,13,20,22H,5,10-12H2,(H,21,24). The van der Waals surface area contributed by atoms with E-state index in [-0.39, 0.29) is 11.6 Å². The van der Waals surface area contributed by atoms with E-state index in [4.69, 9.17) is 0 Å². The molecular formula is C19H20N4O3. The zero-order valence-corrected chi connectivity index (χ0v) is 14.2. The number of aryl methyl sites for hydroxylation is 1. The first kappa shape index (κ1) is 17.5. The number of benzene rings is 2. The van der Waals surface area contributed by atoms with E-state index in [1.54, 1.807) is 12.1 Å². The Hall–Kier alpha value is -3.35. The Kier molecular flexibility index (Phi) is 5.48. The van der Waals surface area contributed by atoms with Crippen LogP contribution in [0.5, 0.6) is 0 Å². The summed E-state index contributed by atoms with van der Waals surface area (Å²) >= 11 is 0. The van der Waals surface area contributed by atoms with Crippen molar-refractivity contribution in [2.24, 2.45) is 0 Å². The average molecular weight is 352 g/mol. The van der Waals surface area contributed by atoms with Gasteiger partial charge in [0.15, 0.2) is 0 Å². The number of aromatic nitrogens is 1. The Balaban J connectivity index is 1.38. The third-order valence-electron chi connectivity index (χ3n) is 4.15. The summed E-state index contributed by atoms with van der Waals surface area (Å²) in [5.41, 5.74) is 3.06. The van der Waals surface area contributed by atoms with Gasteiger partial charge in [0.25, 0.3) is 5.69 Å². The van der Waals surface area contributed by atoms with Gasteiger partial charge in [-0.25, -0.2) is 0 Å². The number of carbonyl (C=O) groups excluding carboxylic acids is 1. The van der Waals surface area contributed by atoms with E-state index in [9.17, 15) is 14.9 Å². The number of hydrogen-bond acceptors (Lipinski definition) is 4. The predicted molar refractivity (Wildman–Crippen MR) is 101 cm³/mol. The van der Waals surface area contributed by atoms with Crippen molar-refractivity contribution in [1.82, 2.24) is 10.3 Å². The van der Waals surface area contributed by atoms with E-state index >= 15 is 0 Å². The molecule has 7 heteroatoms. The average Bonchev–Trinajstić information content (AvgIpc) is 3.07. The van der Waals surface area contributed by atoms with Crippen LogP contribution in [0.4, 0.5) is 11.4 Å². The van der Waals surface area contributed by atoms with Crippen LogP contribution in [0.25, 0.3) is 10.9 Å². The van der Waals surface area contributed by atoms with Crippen LogP contribution < -0.4 is 10.6 Å². The molecule has 0 aliphatic heterocycles. The van der Waals surface area contributed by atoms with Crippen molar-refractivity contribution in [2.45, 2.75) is 12.8 Å². The van der Waals surface area contributed by atoms with Gasteiger partial charge in [-0.3, -0.25) is 14.9 Å². The van der Waals surface area contributed by atoms with Gasteiger partial charge in [0, 0.05) is 54.4 Å². The van der Waals surface area contributed by atoms with Crippen molar-refractivity contribution in [1.29, 1.82) is 0 Å². The number of H-pyrrole nitrogens is 1. The lowest BCUT2D eigenvalue weighted by atomic mass is 10.1. The fourth-order valence-corrected chi connectivity index (χ4v) is 2.78. The maximum absolute atomic E-state index is 12.0. The molecule has 1 amide bonds. The number of anilines is 1. The van der Waals surface area contributed by atoms with E-state index in [1.807, 2.05) is 30.5 Å². The molecule has 26 heavy (non-hydrogen) atoms. The van der Waals surface area contributed by atoms with Crippen LogP contribution in [0.3, 0.4) is 0 Å². The summed E-state index contributed by atoms with van der Waals surface area (Å²) in [5.74, 6) is 0.000723. The van der Waals surface area contributed by atoms with Gasteiger partial charge in [-0.05, 0) is 30.2 Å². The van der Waals surface area contributed by atoms with Crippen molar-refractivity contribution in [3.05, 3.63) is 70.4 Å². The number of carbonyl (C=O) groups is 1. The molecule has 134 valence electrons. The Morgan fingerprint density at radius 2 is 1.85 bits per heavy atom. The molecule has 0 fully saturated rings. The summed E-state index contributed by atoms with van der Waals surface area (Å²) in [6.45, 7) is 1.04. The van der Waals surface area contributed by atoms with Crippen LogP contribution >= 0.6 is 0 Å². The first-order valence-corrected chi connectivity index (χ1v) is 8.43. The second kappa shape index (κ2) is 8.15. The van der Waals surface area contributed by atoms with Crippen molar-refractivity contribution in [3.8, 4) is 0 Å². The number of hydrogen-bond donors (Lipinski definition) is 3. The number of amides is 1. The third-order valence-corrected chi connectivity index (χ3v) is 4.15. The lowest BCUT2D eigenvalue weighted by molar-refractivity contribution is -0.384. The van der Waals surface area contributed by atoms with Gasteiger partial charge in [-0.15, -0.1) is 0 Å². The molecule has 1 aromatic heterocycles. The van der Waals surface area contributed by atoms with E-state index < -0.39 is 4.92 Å². The van der Waals surface area contributed by atoms with Crippen LogP contribution in [-0.2, 0) is 11.2 Å². The van der Waals surface area contributed by atoms with Crippen LogP contribution in [0.15, 0.2) is 54.7 Å². The zero-order chi connectivity index (χ0) is 18.4. The molecule has 0 saturated heterocycles. The lowest BCUT2D eigenvalue weighted by Crippen LogP contribution is -2.28. The molecule has 0 unspecified atom stereocenters. The first-order chi connectivity index (χ1) is 12.6. The molecule has 0 saturated carbocycles. The van der Waals surface area contributed by atoms with E-state index in [0.29, 0.717) is 25.9 Å². The SMILES string of the molecule is O=C(CCc1c[nH]c2ccccc12)NCCNc1ccc([N+](=O)[O-])cc1. The Morgan fingerprint density at radius 1 is 1.08 bits per heavy atom. The summed E-state index contributed by atoms with van der Waals surface area (Å²) in [5, 5.41) is 17.7. The highest BCUT2D eigenvalue weighted by Gasteiger charge is 2.07. The smallest absolute Gasteiger partial charge is 0.269 e. The Morgan fingerprint density at radius 3 is 2.62 bits per heavy atom. The number of nitro benzene ring substituents is 1. The minimum absolute atomic E-state index is 0.000723. The number of nitro groups is 1. The van der Waals surface area contributed by atoms with E-state index in [1.165, 1.54) is 12.1 Å². The molecule has 7 nitrogen and oxygen atoms in total. The molecule has 0 aliphatic carbocycles. The van der Waals surface area contributed by atoms with Crippen molar-refractivity contribution < 1.29 is 9.72 Å². The molecule has 3 N–H and O–H groups in total. The third kappa shape index (κ3) is 4.38. The number of non-ortho nitro benzene ring substituents is 1. The lowest BCUT2D eigenvalue weighted by Gasteiger charge is -2.08. The highest BCUT2D eigenvalue weighted by molar-refractivity contribution is 5.84. The maximum Gasteiger partial charge on any atom is 0.269 e. The molecule has 0 radical (unpaired) electrons. The predicted octanol–water partition coefficient (Wildman–Crippen LogP) is 3.24. The summed E-state index contributed by atoms with van der Waals surface area (Å²) in [4.78, 5) is 25.4. The van der Waals surface area contributed by atoms with Crippen molar-refractivity contribution >= 4 is 28.2 Å². The molecule has 3 rings (SSSR count). The summed E-state index contributed by atoms with van der Waals surface area (Å²) < 4.78 is 0. The second-order valence-corrected chi connectivity index (χ2v) is 5.94. The first-order valence-electron chi connectivity index (χ1n) is 8.43. The molecule has 0 aliphatic rings. The van der Waals surface area contributed by atoms with Crippen LogP contribution in [0, 0.1) is 10.1 Å². The van der Waals surface area contributed by atoms with Gasteiger partial charge in [-0.2, -0.15) is 0 Å². The maximum atomic E-state index is 12.0. The van der Waals surface area contributed by atoms with Gasteiger partial charge < -0.3 is 15.6 Å². The fourth-order valence-electron chi connectivity index (χ4n) is 2.78. The molecular weight excluding hydrogens is 332 g/mol. The zero-order valence-electron chi connectivity index (χ0n) is 14.2. The molecule has 0 bridgehead atoms. The summed E-state index contributed by atoms with van der Waals surface area (Å²) in [7, 11) is 0. The highest BCUT2D eigenvalue weighted by atomic mass is 16.6. The monoisotopic (exact) mass is 352 g/mol. The van der Waals surface area contributed by atoms with Gasteiger partial charge in [0.2, 0.25) is 5.91 Å². The molecule has 1 heterocycles.